The van der Waals surface area contributed by atoms with Crippen molar-refractivity contribution in [2.45, 2.75) is 40.2 Å². The zero-order valence-corrected chi connectivity index (χ0v) is 20.6. The van der Waals surface area contributed by atoms with Gasteiger partial charge in [-0.25, -0.2) is 4.79 Å². The molecule has 2 aromatic rings. The normalized spacial score (nSPS) is 17.7. The number of hydrogen-bond acceptors (Lipinski definition) is 3. The van der Waals surface area contributed by atoms with E-state index in [4.69, 9.17) is 0 Å². The fourth-order valence-corrected chi connectivity index (χ4v) is 4.46. The molecule has 2 unspecified atom stereocenters. The number of carbonyl (C=O) groups is 3. The summed E-state index contributed by atoms with van der Waals surface area (Å²) in [6, 6.07) is 14.9. The van der Waals surface area contributed by atoms with Crippen LogP contribution >= 0.6 is 0 Å². The van der Waals surface area contributed by atoms with Crippen LogP contribution in [0.4, 0.5) is 10.5 Å². The lowest BCUT2D eigenvalue weighted by Crippen LogP contribution is -2.42. The third-order valence-corrected chi connectivity index (χ3v) is 6.15. The summed E-state index contributed by atoms with van der Waals surface area (Å²) in [6.45, 7) is 8.49. The number of likely N-dealkylation sites (tertiary alicyclic amines) is 1. The summed E-state index contributed by atoms with van der Waals surface area (Å²) in [5.74, 6) is 0.764. The average molecular weight is 465 g/mol. The second kappa shape index (κ2) is 11.7. The van der Waals surface area contributed by atoms with Crippen molar-refractivity contribution >= 4 is 23.5 Å². The molecule has 7 nitrogen and oxygen atoms in total. The lowest BCUT2D eigenvalue weighted by atomic mass is 9.91. The van der Waals surface area contributed by atoms with Gasteiger partial charge in [0.25, 0.3) is 5.91 Å². The molecule has 1 aliphatic rings. The van der Waals surface area contributed by atoms with Gasteiger partial charge in [-0.3, -0.25) is 9.59 Å². The molecule has 0 aliphatic carbocycles. The molecule has 3 rings (SSSR count). The van der Waals surface area contributed by atoms with E-state index in [1.807, 2.05) is 54.3 Å². The zero-order chi connectivity index (χ0) is 24.7. The van der Waals surface area contributed by atoms with Crippen molar-refractivity contribution in [1.29, 1.82) is 0 Å². The van der Waals surface area contributed by atoms with Gasteiger partial charge in [-0.15, -0.1) is 0 Å². The molecule has 1 fully saturated rings. The summed E-state index contributed by atoms with van der Waals surface area (Å²) in [6.07, 6.45) is 1.28. The van der Waals surface area contributed by atoms with E-state index in [-0.39, 0.29) is 30.8 Å². The molecule has 0 radical (unpaired) electrons. The quantitative estimate of drug-likeness (QED) is 0.642. The molecule has 0 bridgehead atoms. The van der Waals surface area contributed by atoms with E-state index in [0.29, 0.717) is 29.6 Å². The van der Waals surface area contributed by atoms with E-state index in [0.717, 1.165) is 30.6 Å². The molecule has 0 spiro atoms. The highest BCUT2D eigenvalue weighted by Gasteiger charge is 2.26. The van der Waals surface area contributed by atoms with Gasteiger partial charge in [-0.05, 0) is 48.4 Å². The highest BCUT2D eigenvalue weighted by atomic mass is 16.2. The molecule has 1 heterocycles. The van der Waals surface area contributed by atoms with Crippen LogP contribution in [-0.2, 0) is 11.3 Å². The van der Waals surface area contributed by atoms with Crippen molar-refractivity contribution in [2.75, 3.05) is 32.0 Å². The lowest BCUT2D eigenvalue weighted by Gasteiger charge is -2.35. The number of urea groups is 1. The lowest BCUT2D eigenvalue weighted by molar-refractivity contribution is -0.116. The van der Waals surface area contributed by atoms with Gasteiger partial charge in [0.1, 0.15) is 0 Å². The van der Waals surface area contributed by atoms with Gasteiger partial charge in [0.2, 0.25) is 5.91 Å². The summed E-state index contributed by atoms with van der Waals surface area (Å²) in [5, 5.41) is 5.67. The van der Waals surface area contributed by atoms with E-state index in [9.17, 15) is 14.4 Å². The predicted octanol–water partition coefficient (Wildman–Crippen LogP) is 4.28. The first-order chi connectivity index (χ1) is 16.2. The van der Waals surface area contributed by atoms with Crippen molar-refractivity contribution < 1.29 is 14.4 Å². The van der Waals surface area contributed by atoms with E-state index in [2.05, 4.69) is 24.5 Å². The van der Waals surface area contributed by atoms with Crippen LogP contribution in [0.15, 0.2) is 48.5 Å². The van der Waals surface area contributed by atoms with Crippen LogP contribution in [0.3, 0.4) is 0 Å². The Kier molecular flexibility index (Phi) is 8.68. The molecule has 0 aromatic heterocycles. The summed E-state index contributed by atoms with van der Waals surface area (Å²) in [7, 11) is 1.72. The van der Waals surface area contributed by atoms with Gasteiger partial charge in [-0.1, -0.05) is 50.2 Å². The van der Waals surface area contributed by atoms with Crippen molar-refractivity contribution in [3.8, 4) is 0 Å². The molecule has 4 amide bonds. The Morgan fingerprint density at radius 3 is 2.38 bits per heavy atom. The topological polar surface area (TPSA) is 81.8 Å². The van der Waals surface area contributed by atoms with Gasteiger partial charge in [0.15, 0.2) is 0 Å². The van der Waals surface area contributed by atoms with Crippen LogP contribution in [-0.4, -0.2) is 54.3 Å². The maximum atomic E-state index is 13.0. The maximum Gasteiger partial charge on any atom is 0.317 e. The minimum atomic E-state index is -0.231. The SMILES string of the molecule is Cc1ccc(C(=O)N2CC(C)CC(C)C2)cc1NC(=O)CCNC(=O)N(C)Cc1ccccc1. The first-order valence-corrected chi connectivity index (χ1v) is 12.0. The number of anilines is 1. The van der Waals surface area contributed by atoms with Gasteiger partial charge in [-0.2, -0.15) is 0 Å². The monoisotopic (exact) mass is 464 g/mol. The van der Waals surface area contributed by atoms with Crippen LogP contribution in [0.2, 0.25) is 0 Å². The molecule has 0 saturated carbocycles. The van der Waals surface area contributed by atoms with Gasteiger partial charge in [0, 0.05) is 50.9 Å². The molecule has 7 heteroatoms. The van der Waals surface area contributed by atoms with Crippen molar-refractivity contribution in [2.24, 2.45) is 11.8 Å². The number of piperidine rings is 1. The Labute approximate surface area is 202 Å². The number of carbonyl (C=O) groups excluding carboxylic acids is 3. The summed E-state index contributed by atoms with van der Waals surface area (Å²) in [4.78, 5) is 41.3. The molecule has 182 valence electrons. The van der Waals surface area contributed by atoms with Crippen LogP contribution in [0, 0.1) is 18.8 Å². The van der Waals surface area contributed by atoms with Crippen LogP contribution < -0.4 is 10.6 Å². The number of nitrogens with zero attached hydrogens (tertiary/aromatic N) is 2. The van der Waals surface area contributed by atoms with Crippen LogP contribution in [0.25, 0.3) is 0 Å². The van der Waals surface area contributed by atoms with Crippen molar-refractivity contribution in [3.05, 3.63) is 65.2 Å². The summed E-state index contributed by atoms with van der Waals surface area (Å²) >= 11 is 0. The third kappa shape index (κ3) is 7.07. The highest BCUT2D eigenvalue weighted by Crippen LogP contribution is 2.24. The fourth-order valence-electron chi connectivity index (χ4n) is 4.46. The maximum absolute atomic E-state index is 13.0. The van der Waals surface area contributed by atoms with Gasteiger partial charge < -0.3 is 20.4 Å². The van der Waals surface area contributed by atoms with E-state index < -0.39 is 0 Å². The Bertz CT molecular complexity index is 998. The summed E-state index contributed by atoms with van der Waals surface area (Å²) in [5.41, 5.74) is 3.13. The van der Waals surface area contributed by atoms with Gasteiger partial charge >= 0.3 is 6.03 Å². The molecule has 34 heavy (non-hydrogen) atoms. The van der Waals surface area contributed by atoms with Gasteiger partial charge in [0.05, 0.1) is 0 Å². The molecule has 2 atom stereocenters. The zero-order valence-electron chi connectivity index (χ0n) is 20.6. The first kappa shape index (κ1) is 25.3. The molecule has 1 aliphatic heterocycles. The van der Waals surface area contributed by atoms with E-state index in [1.54, 1.807) is 18.0 Å². The smallest absolute Gasteiger partial charge is 0.317 e. The molecular weight excluding hydrogens is 428 g/mol. The molecule has 2 N–H and O–H groups in total. The largest absolute Gasteiger partial charge is 0.338 e. The number of rotatable bonds is 7. The second-order valence-corrected chi connectivity index (χ2v) is 9.56. The number of nitrogens with one attached hydrogen (secondary N) is 2. The number of amides is 4. The number of benzene rings is 2. The highest BCUT2D eigenvalue weighted by molar-refractivity contribution is 5.98. The van der Waals surface area contributed by atoms with E-state index >= 15 is 0 Å². The molecular formula is C27H36N4O3. The minimum absolute atomic E-state index is 0.00242. The van der Waals surface area contributed by atoms with Crippen molar-refractivity contribution in [3.63, 3.8) is 0 Å². The first-order valence-electron chi connectivity index (χ1n) is 12.0. The minimum Gasteiger partial charge on any atom is -0.338 e. The third-order valence-electron chi connectivity index (χ3n) is 6.15. The van der Waals surface area contributed by atoms with Crippen molar-refractivity contribution in [1.82, 2.24) is 15.1 Å². The Hall–Kier alpha value is -3.35. The standard InChI is InChI=1S/C27H36N4O3/c1-19-14-20(2)17-31(16-19)26(33)23-11-10-21(3)24(15-23)29-25(32)12-13-28-27(34)30(4)18-22-8-6-5-7-9-22/h5-11,15,19-20H,12-14,16-18H2,1-4H3,(H,28,34)(H,29,32). The van der Waals surface area contributed by atoms with Crippen LogP contribution in [0.1, 0.15) is 48.2 Å². The fraction of sp³-hybridized carbons (Fsp3) is 0.444. The molecule has 2 aromatic carbocycles. The average Bonchev–Trinajstić information content (AvgIpc) is 2.80. The van der Waals surface area contributed by atoms with Crippen LogP contribution in [0.5, 0.6) is 0 Å². The Morgan fingerprint density at radius 2 is 1.71 bits per heavy atom. The predicted molar refractivity (Wildman–Crippen MR) is 135 cm³/mol. The summed E-state index contributed by atoms with van der Waals surface area (Å²) < 4.78 is 0. The second-order valence-electron chi connectivity index (χ2n) is 9.56. The Balaban J connectivity index is 1.50. The number of hydrogen-bond donors (Lipinski definition) is 2. The van der Waals surface area contributed by atoms with E-state index in [1.165, 1.54) is 0 Å². The Morgan fingerprint density at radius 1 is 1.03 bits per heavy atom. The molecule has 1 saturated heterocycles. The number of aryl methyl sites for hydroxylation is 1.